The van der Waals surface area contributed by atoms with Crippen LogP contribution in [0.5, 0.6) is 11.6 Å². The van der Waals surface area contributed by atoms with Crippen molar-refractivity contribution in [2.75, 3.05) is 20.3 Å². The number of hydrogen-bond donors (Lipinski definition) is 0. The summed E-state index contributed by atoms with van der Waals surface area (Å²) >= 11 is 0. The third-order valence-corrected chi connectivity index (χ3v) is 4.51. The summed E-state index contributed by atoms with van der Waals surface area (Å²) in [5.41, 5.74) is 2.36. The van der Waals surface area contributed by atoms with Gasteiger partial charge in [-0.1, -0.05) is 6.07 Å². The van der Waals surface area contributed by atoms with E-state index >= 15 is 0 Å². The highest BCUT2D eigenvalue weighted by Crippen LogP contribution is 2.33. The van der Waals surface area contributed by atoms with E-state index in [0.717, 1.165) is 16.8 Å². The van der Waals surface area contributed by atoms with Gasteiger partial charge in [0.15, 0.2) is 12.1 Å². The molecule has 0 bridgehead atoms. The highest BCUT2D eigenvalue weighted by atomic mass is 16.7. The standard InChI is InChI=1S/C20H23N5O4/c1-13(2)25-19(23-12-24-25)18-14(5-4-6-21-18)11-29-16-10-22-17(26-3)9-15(16)20-27-7-8-28-20/h4-6,9-10,12-13,20H,7-8,11H2,1-3H3. The molecule has 4 heterocycles. The summed E-state index contributed by atoms with van der Waals surface area (Å²) < 4.78 is 24.4. The maximum atomic E-state index is 6.10. The molecule has 1 aliphatic rings. The zero-order valence-electron chi connectivity index (χ0n) is 16.6. The normalized spacial score (nSPS) is 14.5. The van der Waals surface area contributed by atoms with Crippen LogP contribution < -0.4 is 9.47 Å². The molecule has 0 radical (unpaired) electrons. The number of aromatic nitrogens is 5. The van der Waals surface area contributed by atoms with Crippen molar-refractivity contribution < 1.29 is 18.9 Å². The van der Waals surface area contributed by atoms with Crippen molar-refractivity contribution in [3.05, 3.63) is 48.0 Å². The van der Waals surface area contributed by atoms with Crippen LogP contribution in [0, 0.1) is 0 Å². The van der Waals surface area contributed by atoms with Gasteiger partial charge >= 0.3 is 0 Å². The second-order valence-corrected chi connectivity index (χ2v) is 6.76. The fourth-order valence-corrected chi connectivity index (χ4v) is 3.10. The van der Waals surface area contributed by atoms with Crippen molar-refractivity contribution in [1.29, 1.82) is 0 Å². The zero-order valence-corrected chi connectivity index (χ0v) is 16.6. The Bertz CT molecular complexity index is 969. The Morgan fingerprint density at radius 3 is 2.79 bits per heavy atom. The quantitative estimate of drug-likeness (QED) is 0.601. The fraction of sp³-hybridized carbons (Fsp3) is 0.400. The lowest BCUT2D eigenvalue weighted by Gasteiger charge is -2.17. The van der Waals surface area contributed by atoms with E-state index in [9.17, 15) is 0 Å². The van der Waals surface area contributed by atoms with Gasteiger partial charge in [-0.15, -0.1) is 0 Å². The Morgan fingerprint density at radius 1 is 1.21 bits per heavy atom. The van der Waals surface area contributed by atoms with E-state index < -0.39 is 6.29 Å². The zero-order chi connectivity index (χ0) is 20.2. The average molecular weight is 397 g/mol. The predicted octanol–water partition coefficient (Wildman–Crippen LogP) is 2.95. The minimum absolute atomic E-state index is 0.164. The smallest absolute Gasteiger partial charge is 0.213 e. The Hall–Kier alpha value is -3.04. The fourth-order valence-electron chi connectivity index (χ4n) is 3.10. The largest absolute Gasteiger partial charge is 0.487 e. The van der Waals surface area contributed by atoms with Gasteiger partial charge < -0.3 is 18.9 Å². The van der Waals surface area contributed by atoms with Crippen LogP contribution in [0.25, 0.3) is 11.5 Å². The Kier molecular flexibility index (Phi) is 5.68. The van der Waals surface area contributed by atoms with Gasteiger partial charge in [0.05, 0.1) is 32.1 Å². The summed E-state index contributed by atoms with van der Waals surface area (Å²) in [6.45, 7) is 5.45. The number of nitrogens with zero attached hydrogens (tertiary/aromatic N) is 5. The van der Waals surface area contributed by atoms with Crippen LogP contribution in [-0.2, 0) is 16.1 Å². The lowest BCUT2D eigenvalue weighted by atomic mass is 10.2. The Labute approximate surface area is 168 Å². The molecule has 0 aromatic carbocycles. The van der Waals surface area contributed by atoms with E-state index in [1.54, 1.807) is 25.6 Å². The van der Waals surface area contributed by atoms with Crippen molar-refractivity contribution in [2.24, 2.45) is 0 Å². The molecule has 0 atom stereocenters. The first-order valence-electron chi connectivity index (χ1n) is 9.41. The molecule has 9 heteroatoms. The molecule has 152 valence electrons. The summed E-state index contributed by atoms with van der Waals surface area (Å²) in [5.74, 6) is 1.74. The molecule has 9 nitrogen and oxygen atoms in total. The molecule has 3 aromatic heterocycles. The molecule has 1 aliphatic heterocycles. The molecular formula is C20H23N5O4. The average Bonchev–Trinajstić information content (AvgIpc) is 3.44. The van der Waals surface area contributed by atoms with Crippen LogP contribution in [0.15, 0.2) is 36.9 Å². The maximum Gasteiger partial charge on any atom is 0.213 e. The second-order valence-electron chi connectivity index (χ2n) is 6.76. The van der Waals surface area contributed by atoms with Gasteiger partial charge in [-0.05, 0) is 19.9 Å². The predicted molar refractivity (Wildman–Crippen MR) is 103 cm³/mol. The number of rotatable bonds is 7. The molecule has 1 saturated heterocycles. The van der Waals surface area contributed by atoms with Gasteiger partial charge in [-0.25, -0.2) is 14.6 Å². The van der Waals surface area contributed by atoms with E-state index in [1.807, 2.05) is 30.7 Å². The first-order chi connectivity index (χ1) is 14.2. The lowest BCUT2D eigenvalue weighted by molar-refractivity contribution is -0.0460. The van der Waals surface area contributed by atoms with Crippen LogP contribution in [0.2, 0.25) is 0 Å². The van der Waals surface area contributed by atoms with Crippen molar-refractivity contribution in [3.8, 4) is 23.1 Å². The third-order valence-electron chi connectivity index (χ3n) is 4.51. The number of pyridine rings is 2. The highest BCUT2D eigenvalue weighted by molar-refractivity contribution is 5.54. The van der Waals surface area contributed by atoms with Crippen molar-refractivity contribution in [1.82, 2.24) is 24.7 Å². The van der Waals surface area contributed by atoms with Crippen LogP contribution >= 0.6 is 0 Å². The topological polar surface area (TPSA) is 93.4 Å². The van der Waals surface area contributed by atoms with Gasteiger partial charge in [-0.2, -0.15) is 5.10 Å². The van der Waals surface area contributed by atoms with E-state index in [1.165, 1.54) is 6.33 Å². The van der Waals surface area contributed by atoms with Crippen molar-refractivity contribution in [3.63, 3.8) is 0 Å². The van der Waals surface area contributed by atoms with Crippen LogP contribution in [0.1, 0.15) is 37.3 Å². The molecule has 0 amide bonds. The molecule has 0 unspecified atom stereocenters. The summed E-state index contributed by atoms with van der Waals surface area (Å²) in [5, 5.41) is 4.30. The van der Waals surface area contributed by atoms with Gasteiger partial charge in [-0.3, -0.25) is 4.98 Å². The van der Waals surface area contributed by atoms with Crippen LogP contribution in [-0.4, -0.2) is 45.1 Å². The SMILES string of the molecule is COc1cc(C2OCCO2)c(OCc2cccnc2-c2ncnn2C(C)C)cn1. The summed E-state index contributed by atoms with van der Waals surface area (Å²) in [6.07, 6.45) is 4.39. The van der Waals surface area contributed by atoms with Gasteiger partial charge in [0.1, 0.15) is 24.4 Å². The number of methoxy groups -OCH3 is 1. The first kappa shape index (κ1) is 19.3. The minimum Gasteiger partial charge on any atom is -0.487 e. The number of ether oxygens (including phenoxy) is 4. The summed E-state index contributed by atoms with van der Waals surface area (Å²) in [6, 6.07) is 5.76. The molecule has 29 heavy (non-hydrogen) atoms. The van der Waals surface area contributed by atoms with Gasteiger partial charge in [0.2, 0.25) is 5.88 Å². The van der Waals surface area contributed by atoms with Gasteiger partial charge in [0.25, 0.3) is 0 Å². The van der Waals surface area contributed by atoms with E-state index in [0.29, 0.717) is 30.7 Å². The lowest BCUT2D eigenvalue weighted by Crippen LogP contribution is -2.09. The van der Waals surface area contributed by atoms with E-state index in [-0.39, 0.29) is 12.6 Å². The summed E-state index contributed by atoms with van der Waals surface area (Å²) in [4.78, 5) is 13.2. The molecular weight excluding hydrogens is 374 g/mol. The van der Waals surface area contributed by atoms with E-state index in [2.05, 4.69) is 20.1 Å². The Balaban J connectivity index is 1.61. The van der Waals surface area contributed by atoms with Crippen molar-refractivity contribution >= 4 is 0 Å². The monoisotopic (exact) mass is 397 g/mol. The van der Waals surface area contributed by atoms with Gasteiger partial charge in [0, 0.05) is 23.9 Å². The molecule has 0 spiro atoms. The first-order valence-corrected chi connectivity index (χ1v) is 9.41. The molecule has 0 N–H and O–H groups in total. The molecule has 1 fully saturated rings. The molecule has 0 aliphatic carbocycles. The highest BCUT2D eigenvalue weighted by Gasteiger charge is 2.24. The molecule has 4 rings (SSSR count). The third kappa shape index (κ3) is 4.06. The second kappa shape index (κ2) is 8.54. The summed E-state index contributed by atoms with van der Waals surface area (Å²) in [7, 11) is 1.57. The van der Waals surface area contributed by atoms with Crippen LogP contribution in [0.3, 0.4) is 0 Å². The minimum atomic E-state index is -0.501. The number of hydrogen-bond acceptors (Lipinski definition) is 8. The Morgan fingerprint density at radius 2 is 2.03 bits per heavy atom. The van der Waals surface area contributed by atoms with E-state index in [4.69, 9.17) is 18.9 Å². The maximum absolute atomic E-state index is 6.10. The van der Waals surface area contributed by atoms with Crippen molar-refractivity contribution in [2.45, 2.75) is 32.8 Å². The molecule has 0 saturated carbocycles. The molecule has 3 aromatic rings. The van der Waals surface area contributed by atoms with Crippen LogP contribution in [0.4, 0.5) is 0 Å².